The minimum absolute atomic E-state index is 0.406. The number of furan rings is 1. The van der Waals surface area contributed by atoms with E-state index in [9.17, 15) is 0 Å². The lowest BCUT2D eigenvalue weighted by atomic mass is 9.93. The van der Waals surface area contributed by atoms with Crippen molar-refractivity contribution >= 4 is 5.96 Å². The van der Waals surface area contributed by atoms with Crippen molar-refractivity contribution < 1.29 is 4.42 Å². The molecule has 6 heteroatoms. The number of hydrogen-bond donors (Lipinski definition) is 1. The van der Waals surface area contributed by atoms with Gasteiger partial charge in [-0.1, -0.05) is 13.8 Å². The van der Waals surface area contributed by atoms with Crippen LogP contribution >= 0.6 is 0 Å². The molecule has 0 saturated carbocycles. The molecule has 0 bridgehead atoms. The smallest absolute Gasteiger partial charge is 0.194 e. The molecule has 142 valence electrons. The Hall–Kier alpha value is -2.24. The van der Waals surface area contributed by atoms with Crippen LogP contribution in [0.5, 0.6) is 0 Å². The van der Waals surface area contributed by atoms with Crippen molar-refractivity contribution in [1.29, 1.82) is 0 Å². The predicted octanol–water partition coefficient (Wildman–Crippen LogP) is 3.35. The molecule has 1 fully saturated rings. The van der Waals surface area contributed by atoms with Crippen LogP contribution in [0.2, 0.25) is 0 Å². The molecule has 3 rings (SSSR count). The van der Waals surface area contributed by atoms with Gasteiger partial charge in [0.15, 0.2) is 5.96 Å². The van der Waals surface area contributed by atoms with E-state index in [0.29, 0.717) is 18.0 Å². The van der Waals surface area contributed by atoms with E-state index in [1.165, 1.54) is 0 Å². The Morgan fingerprint density at radius 2 is 2.38 bits per heavy atom. The van der Waals surface area contributed by atoms with E-state index in [1.54, 1.807) is 6.26 Å². The van der Waals surface area contributed by atoms with Crippen molar-refractivity contribution in [2.24, 2.45) is 10.9 Å². The zero-order valence-electron chi connectivity index (χ0n) is 16.1. The molecular weight excluding hydrogens is 326 g/mol. The molecular formula is C20H31N5O. The van der Waals surface area contributed by atoms with E-state index in [1.807, 2.05) is 24.7 Å². The lowest BCUT2D eigenvalue weighted by molar-refractivity contribution is 0.188. The van der Waals surface area contributed by atoms with Crippen LogP contribution in [0.4, 0.5) is 0 Å². The maximum atomic E-state index is 5.43. The Balaban J connectivity index is 1.70. The highest BCUT2D eigenvalue weighted by Crippen LogP contribution is 2.27. The SMILES string of the molecule is CCC(C)NC(=NCCc1ccco1)N1CCC(C)C(n2ccnc2)C1. The first-order valence-electron chi connectivity index (χ1n) is 9.73. The van der Waals surface area contributed by atoms with E-state index in [2.05, 4.69) is 46.7 Å². The van der Waals surface area contributed by atoms with E-state index in [0.717, 1.165) is 50.6 Å². The van der Waals surface area contributed by atoms with Gasteiger partial charge in [0.2, 0.25) is 0 Å². The van der Waals surface area contributed by atoms with E-state index >= 15 is 0 Å². The van der Waals surface area contributed by atoms with Crippen LogP contribution in [0.3, 0.4) is 0 Å². The highest BCUT2D eigenvalue weighted by atomic mass is 16.3. The van der Waals surface area contributed by atoms with E-state index in [-0.39, 0.29) is 0 Å². The van der Waals surface area contributed by atoms with Gasteiger partial charge in [-0.3, -0.25) is 4.99 Å². The standard InChI is InChI=1S/C20H31N5O/c1-4-17(3)23-20(22-9-7-18-6-5-13-26-18)24-11-8-16(2)19(14-24)25-12-10-21-15-25/h5-6,10,12-13,15-17,19H,4,7-9,11,14H2,1-3H3,(H,22,23). The van der Waals surface area contributed by atoms with Crippen molar-refractivity contribution in [2.75, 3.05) is 19.6 Å². The fourth-order valence-corrected chi connectivity index (χ4v) is 3.38. The molecule has 1 aliphatic heterocycles. The third kappa shape index (κ3) is 4.68. The second-order valence-electron chi connectivity index (χ2n) is 7.28. The van der Waals surface area contributed by atoms with Gasteiger partial charge in [0, 0.05) is 44.5 Å². The van der Waals surface area contributed by atoms with E-state index in [4.69, 9.17) is 9.41 Å². The highest BCUT2D eigenvalue weighted by molar-refractivity contribution is 5.80. The Morgan fingerprint density at radius 1 is 1.50 bits per heavy atom. The number of rotatable bonds is 6. The predicted molar refractivity (Wildman–Crippen MR) is 104 cm³/mol. The fraction of sp³-hybridized carbons (Fsp3) is 0.600. The Kier molecular flexibility index (Phi) is 6.36. The number of nitrogens with zero attached hydrogens (tertiary/aromatic N) is 4. The molecule has 3 heterocycles. The largest absolute Gasteiger partial charge is 0.469 e. The monoisotopic (exact) mass is 357 g/mol. The lowest BCUT2D eigenvalue weighted by Gasteiger charge is -2.40. The first kappa shape index (κ1) is 18.5. The number of aliphatic imine (C=N–C) groups is 1. The molecule has 6 nitrogen and oxygen atoms in total. The Morgan fingerprint density at radius 3 is 3.08 bits per heavy atom. The first-order valence-corrected chi connectivity index (χ1v) is 9.73. The second kappa shape index (κ2) is 8.92. The van der Waals surface area contributed by atoms with Gasteiger partial charge in [0.05, 0.1) is 18.6 Å². The number of likely N-dealkylation sites (tertiary alicyclic amines) is 1. The zero-order chi connectivity index (χ0) is 18.4. The van der Waals surface area contributed by atoms with Crippen LogP contribution in [0.1, 0.15) is 45.4 Å². The van der Waals surface area contributed by atoms with Crippen LogP contribution in [0.25, 0.3) is 0 Å². The van der Waals surface area contributed by atoms with Gasteiger partial charge in [-0.05, 0) is 37.8 Å². The number of nitrogens with one attached hydrogen (secondary N) is 1. The van der Waals surface area contributed by atoms with Crippen LogP contribution in [0, 0.1) is 5.92 Å². The van der Waals surface area contributed by atoms with Crippen LogP contribution < -0.4 is 5.32 Å². The first-order chi connectivity index (χ1) is 12.7. The van der Waals surface area contributed by atoms with Gasteiger partial charge < -0.3 is 19.2 Å². The van der Waals surface area contributed by atoms with Gasteiger partial charge in [-0.25, -0.2) is 4.98 Å². The molecule has 2 aromatic heterocycles. The van der Waals surface area contributed by atoms with Crippen molar-refractivity contribution in [1.82, 2.24) is 19.8 Å². The molecule has 0 aliphatic carbocycles. The van der Waals surface area contributed by atoms with Gasteiger partial charge in [-0.15, -0.1) is 0 Å². The number of guanidine groups is 1. The maximum Gasteiger partial charge on any atom is 0.194 e. The summed E-state index contributed by atoms with van der Waals surface area (Å²) < 4.78 is 7.67. The van der Waals surface area contributed by atoms with Gasteiger partial charge in [0.1, 0.15) is 5.76 Å². The summed E-state index contributed by atoms with van der Waals surface area (Å²) in [5, 5.41) is 3.62. The van der Waals surface area contributed by atoms with Gasteiger partial charge in [0.25, 0.3) is 0 Å². The molecule has 3 unspecified atom stereocenters. The summed E-state index contributed by atoms with van der Waals surface area (Å²) in [6, 6.07) is 4.78. The summed E-state index contributed by atoms with van der Waals surface area (Å²) in [4.78, 5) is 11.5. The highest BCUT2D eigenvalue weighted by Gasteiger charge is 2.29. The zero-order valence-corrected chi connectivity index (χ0v) is 16.1. The lowest BCUT2D eigenvalue weighted by Crippen LogP contribution is -2.51. The number of aromatic nitrogens is 2. The van der Waals surface area contributed by atoms with Crippen molar-refractivity contribution in [3.05, 3.63) is 42.9 Å². The average Bonchev–Trinajstić information content (AvgIpc) is 3.35. The third-order valence-electron chi connectivity index (χ3n) is 5.31. The molecule has 2 aromatic rings. The van der Waals surface area contributed by atoms with Crippen LogP contribution in [-0.4, -0.2) is 46.1 Å². The molecule has 0 aromatic carbocycles. The average molecular weight is 358 g/mol. The van der Waals surface area contributed by atoms with Crippen LogP contribution in [-0.2, 0) is 6.42 Å². The third-order valence-corrected chi connectivity index (χ3v) is 5.31. The molecule has 1 N–H and O–H groups in total. The summed E-state index contributed by atoms with van der Waals surface area (Å²) in [5.74, 6) is 2.64. The minimum Gasteiger partial charge on any atom is -0.469 e. The fourth-order valence-electron chi connectivity index (χ4n) is 3.38. The minimum atomic E-state index is 0.406. The molecule has 26 heavy (non-hydrogen) atoms. The molecule has 0 amide bonds. The Labute approximate surface area is 156 Å². The topological polar surface area (TPSA) is 58.6 Å². The Bertz CT molecular complexity index is 664. The molecule has 1 saturated heterocycles. The van der Waals surface area contributed by atoms with E-state index < -0.39 is 0 Å². The van der Waals surface area contributed by atoms with Crippen molar-refractivity contribution in [3.8, 4) is 0 Å². The summed E-state index contributed by atoms with van der Waals surface area (Å²) in [6.07, 6.45) is 10.6. The van der Waals surface area contributed by atoms with Crippen molar-refractivity contribution in [2.45, 2.75) is 52.1 Å². The summed E-state index contributed by atoms with van der Waals surface area (Å²) >= 11 is 0. The molecule has 3 atom stereocenters. The van der Waals surface area contributed by atoms with Crippen LogP contribution in [0.15, 0.2) is 46.5 Å². The summed E-state index contributed by atoms with van der Waals surface area (Å²) in [6.45, 7) is 9.47. The van der Waals surface area contributed by atoms with Gasteiger partial charge >= 0.3 is 0 Å². The molecule has 0 radical (unpaired) electrons. The maximum absolute atomic E-state index is 5.43. The number of piperidine rings is 1. The normalized spacial score (nSPS) is 22.4. The number of imidazole rings is 1. The summed E-state index contributed by atoms with van der Waals surface area (Å²) in [5.41, 5.74) is 0. The van der Waals surface area contributed by atoms with Crippen molar-refractivity contribution in [3.63, 3.8) is 0 Å². The van der Waals surface area contributed by atoms with Gasteiger partial charge in [-0.2, -0.15) is 0 Å². The summed E-state index contributed by atoms with van der Waals surface area (Å²) in [7, 11) is 0. The molecule has 0 spiro atoms. The molecule has 1 aliphatic rings. The second-order valence-corrected chi connectivity index (χ2v) is 7.28. The number of hydrogen-bond acceptors (Lipinski definition) is 3. The quantitative estimate of drug-likeness (QED) is 0.636.